The molecule has 1 aliphatic carbocycles. The van der Waals surface area contributed by atoms with Gasteiger partial charge in [-0.25, -0.2) is 0 Å². The van der Waals surface area contributed by atoms with Crippen molar-refractivity contribution in [2.45, 2.75) is 19.3 Å². The quantitative estimate of drug-likeness (QED) is 0.598. The molecular weight excluding hydrogens is 122 g/mol. The summed E-state index contributed by atoms with van der Waals surface area (Å²) in [6.07, 6.45) is 7.68. The Hall–Kier alpha value is -0.850. The van der Waals surface area contributed by atoms with Crippen molar-refractivity contribution in [1.82, 2.24) is 4.98 Å². The summed E-state index contributed by atoms with van der Waals surface area (Å²) in [4.78, 5) is 4.01. The van der Waals surface area contributed by atoms with Crippen LogP contribution in [0, 0.1) is 12.0 Å². The van der Waals surface area contributed by atoms with Crippen molar-refractivity contribution in [2.24, 2.45) is 5.92 Å². The molecule has 1 aliphatic rings. The second-order valence-corrected chi connectivity index (χ2v) is 2.94. The van der Waals surface area contributed by atoms with E-state index in [0.29, 0.717) is 0 Å². The van der Waals surface area contributed by atoms with Crippen LogP contribution >= 0.6 is 0 Å². The second-order valence-electron chi connectivity index (χ2n) is 2.94. The van der Waals surface area contributed by atoms with Gasteiger partial charge in [0.25, 0.3) is 0 Å². The van der Waals surface area contributed by atoms with Crippen LogP contribution in [0.3, 0.4) is 0 Å². The average molecular weight is 132 g/mol. The molecule has 0 aromatic carbocycles. The van der Waals surface area contributed by atoms with Crippen LogP contribution in [0.5, 0.6) is 0 Å². The molecule has 1 nitrogen and oxygen atoms in total. The minimum absolute atomic E-state index is 0.956. The Labute approximate surface area is 61.1 Å². The van der Waals surface area contributed by atoms with Gasteiger partial charge in [0.2, 0.25) is 0 Å². The first-order chi connectivity index (χ1) is 4.95. The zero-order chi connectivity index (χ0) is 6.81. The molecule has 2 rings (SSSR count). The van der Waals surface area contributed by atoms with Crippen LogP contribution in [-0.4, -0.2) is 4.98 Å². The molecule has 10 heavy (non-hydrogen) atoms. The zero-order valence-corrected chi connectivity index (χ0v) is 5.88. The highest BCUT2D eigenvalue weighted by Crippen LogP contribution is 2.32. The Morgan fingerprint density at radius 1 is 1.60 bits per heavy atom. The molecule has 51 valence electrons. The van der Waals surface area contributed by atoms with E-state index in [1.54, 1.807) is 6.20 Å². The van der Waals surface area contributed by atoms with Gasteiger partial charge < -0.3 is 0 Å². The largest absolute Gasteiger partial charge is 0.264 e. The van der Waals surface area contributed by atoms with Gasteiger partial charge in [-0.05, 0) is 36.8 Å². The minimum atomic E-state index is 0.956. The molecule has 1 aromatic rings. The predicted octanol–water partition coefficient (Wildman–Crippen LogP) is 1.83. The summed E-state index contributed by atoms with van der Waals surface area (Å²) in [6.45, 7) is 0. The summed E-state index contributed by atoms with van der Waals surface area (Å²) in [6, 6.07) is 5.02. The van der Waals surface area contributed by atoms with Crippen molar-refractivity contribution in [1.29, 1.82) is 0 Å². The van der Waals surface area contributed by atoms with Crippen LogP contribution in [-0.2, 0) is 6.42 Å². The third kappa shape index (κ3) is 1.35. The average Bonchev–Trinajstić information content (AvgIpc) is 2.74. The van der Waals surface area contributed by atoms with Gasteiger partial charge in [0, 0.05) is 18.5 Å². The number of hydrogen-bond donors (Lipinski definition) is 0. The van der Waals surface area contributed by atoms with Gasteiger partial charge in [0.15, 0.2) is 0 Å². The van der Waals surface area contributed by atoms with Gasteiger partial charge >= 0.3 is 0 Å². The molecule has 1 fully saturated rings. The zero-order valence-electron chi connectivity index (χ0n) is 5.88. The predicted molar refractivity (Wildman–Crippen MR) is 39.5 cm³/mol. The van der Waals surface area contributed by atoms with E-state index < -0.39 is 0 Å². The lowest BCUT2D eigenvalue weighted by atomic mass is 10.1. The number of aromatic nitrogens is 1. The summed E-state index contributed by atoms with van der Waals surface area (Å²) < 4.78 is 0. The molecule has 1 radical (unpaired) electrons. The summed E-state index contributed by atoms with van der Waals surface area (Å²) in [5.74, 6) is 0.956. The van der Waals surface area contributed by atoms with E-state index >= 15 is 0 Å². The number of rotatable bonds is 2. The molecule has 0 atom stereocenters. The van der Waals surface area contributed by atoms with E-state index in [-0.39, 0.29) is 0 Å². The monoisotopic (exact) mass is 132 g/mol. The molecule has 1 heteroatoms. The Morgan fingerprint density at radius 2 is 2.50 bits per heavy atom. The molecule has 0 saturated heterocycles. The second kappa shape index (κ2) is 2.41. The highest BCUT2D eigenvalue weighted by atomic mass is 14.6. The van der Waals surface area contributed by atoms with Crippen LogP contribution in [0.25, 0.3) is 0 Å². The van der Waals surface area contributed by atoms with E-state index in [0.717, 1.165) is 5.92 Å². The van der Waals surface area contributed by atoms with Crippen LogP contribution in [0.4, 0.5) is 0 Å². The van der Waals surface area contributed by atoms with Gasteiger partial charge in [0.1, 0.15) is 0 Å². The highest BCUT2D eigenvalue weighted by molar-refractivity contribution is 5.09. The van der Waals surface area contributed by atoms with Crippen molar-refractivity contribution < 1.29 is 0 Å². The SMILES string of the molecule is [c]1cncc(CC2CC2)c1. The maximum Gasteiger partial charge on any atom is 0.0347 e. The van der Waals surface area contributed by atoms with Crippen LogP contribution in [0.2, 0.25) is 0 Å². The van der Waals surface area contributed by atoms with E-state index in [1.165, 1.54) is 24.8 Å². The molecule has 0 N–H and O–H groups in total. The van der Waals surface area contributed by atoms with Gasteiger partial charge in [-0.15, -0.1) is 0 Å². The first kappa shape index (κ1) is 5.90. The molecule has 0 aliphatic heterocycles. The first-order valence-electron chi connectivity index (χ1n) is 3.75. The smallest absolute Gasteiger partial charge is 0.0347 e. The van der Waals surface area contributed by atoms with E-state index in [2.05, 4.69) is 11.1 Å². The Kier molecular flexibility index (Phi) is 1.42. The Morgan fingerprint density at radius 3 is 3.10 bits per heavy atom. The fourth-order valence-electron chi connectivity index (χ4n) is 1.12. The maximum absolute atomic E-state index is 4.01. The standard InChI is InChI=1S/C9H10N/c1-2-9(7-10-5-1)6-8-3-4-8/h2,5,7-8H,3-4,6H2. The molecule has 1 saturated carbocycles. The number of hydrogen-bond acceptors (Lipinski definition) is 1. The minimum Gasteiger partial charge on any atom is -0.264 e. The van der Waals surface area contributed by atoms with Crippen molar-refractivity contribution in [3.8, 4) is 0 Å². The summed E-state index contributed by atoms with van der Waals surface area (Å²) in [7, 11) is 0. The lowest BCUT2D eigenvalue weighted by Gasteiger charge is -1.94. The first-order valence-corrected chi connectivity index (χ1v) is 3.75. The number of nitrogens with zero attached hydrogens (tertiary/aromatic N) is 1. The molecule has 0 spiro atoms. The normalized spacial score (nSPS) is 17.2. The molecule has 0 bridgehead atoms. The van der Waals surface area contributed by atoms with E-state index in [9.17, 15) is 0 Å². The lowest BCUT2D eigenvalue weighted by Crippen LogP contribution is -1.86. The van der Waals surface area contributed by atoms with Crippen molar-refractivity contribution in [2.75, 3.05) is 0 Å². The molecule has 1 heterocycles. The Balaban J connectivity index is 2.03. The fraction of sp³-hybridized carbons (Fsp3) is 0.444. The van der Waals surface area contributed by atoms with Crippen molar-refractivity contribution >= 4 is 0 Å². The molecular formula is C9H10N. The van der Waals surface area contributed by atoms with E-state index in [4.69, 9.17) is 0 Å². The van der Waals surface area contributed by atoms with Crippen molar-refractivity contribution in [3.63, 3.8) is 0 Å². The number of pyridine rings is 1. The molecule has 0 amide bonds. The van der Waals surface area contributed by atoms with Crippen LogP contribution < -0.4 is 0 Å². The summed E-state index contributed by atoms with van der Waals surface area (Å²) in [5, 5.41) is 0. The van der Waals surface area contributed by atoms with Gasteiger partial charge in [-0.3, -0.25) is 4.98 Å². The summed E-state index contributed by atoms with van der Waals surface area (Å²) in [5.41, 5.74) is 1.34. The van der Waals surface area contributed by atoms with E-state index in [1.807, 2.05) is 12.3 Å². The topological polar surface area (TPSA) is 12.9 Å². The maximum atomic E-state index is 4.01. The highest BCUT2D eigenvalue weighted by Gasteiger charge is 2.21. The van der Waals surface area contributed by atoms with Gasteiger partial charge in [-0.2, -0.15) is 0 Å². The summed E-state index contributed by atoms with van der Waals surface area (Å²) >= 11 is 0. The molecule has 1 aromatic heterocycles. The van der Waals surface area contributed by atoms with Gasteiger partial charge in [-0.1, -0.05) is 0 Å². The lowest BCUT2D eigenvalue weighted by molar-refractivity contribution is 0.827. The fourth-order valence-corrected chi connectivity index (χ4v) is 1.12. The third-order valence-corrected chi connectivity index (χ3v) is 1.88. The van der Waals surface area contributed by atoms with Crippen LogP contribution in [0.15, 0.2) is 18.5 Å². The van der Waals surface area contributed by atoms with Crippen LogP contribution in [0.1, 0.15) is 18.4 Å². The molecule has 0 unspecified atom stereocenters. The Bertz CT molecular complexity index is 201. The van der Waals surface area contributed by atoms with Crippen molar-refractivity contribution in [3.05, 3.63) is 30.1 Å². The van der Waals surface area contributed by atoms with Gasteiger partial charge in [0.05, 0.1) is 0 Å². The third-order valence-electron chi connectivity index (χ3n) is 1.88.